The van der Waals surface area contributed by atoms with E-state index in [1.54, 1.807) is 12.1 Å². The molecule has 262 valence electrons. The van der Waals surface area contributed by atoms with Gasteiger partial charge in [0.25, 0.3) is 8.32 Å². The van der Waals surface area contributed by atoms with Crippen LogP contribution in [0.5, 0.6) is 0 Å². The smallest absolute Gasteiger partial charge is 0.481 e. The van der Waals surface area contributed by atoms with Crippen LogP contribution in [0.25, 0.3) is 16.9 Å². The van der Waals surface area contributed by atoms with Crippen molar-refractivity contribution in [1.82, 2.24) is 9.78 Å². The standard InChI is InChI=1S/C41H42FN2O5PSi/c1-30(2)39-37(40(31-23-25-32(42)26-24-31)44(43-39)33-16-9-6-10-17-33)22-15-27-48-50(47)29-34(28-38(45)46)49-51(41(3,4)5,35-18-11-7-12-19-35)36-20-13-8-14-21-36/h6-14,16-21,23-26,30,34H,27-29H2,1-5H3/p+1. The maximum absolute atomic E-state index is 13.9. The normalized spacial score (nSPS) is 12.6. The Hall–Kier alpha value is -4.71. The van der Waals surface area contributed by atoms with Crippen molar-refractivity contribution < 1.29 is 27.8 Å². The maximum Gasteiger partial charge on any atom is 0.511 e. The van der Waals surface area contributed by atoms with Gasteiger partial charge in [-0.15, -0.1) is 4.52 Å². The summed E-state index contributed by atoms with van der Waals surface area (Å²) in [6.07, 6.45) is -1.33. The van der Waals surface area contributed by atoms with Crippen LogP contribution in [-0.2, 0) is 18.3 Å². The second-order valence-corrected chi connectivity index (χ2v) is 19.2. The molecule has 0 amide bonds. The van der Waals surface area contributed by atoms with Crippen molar-refractivity contribution in [2.45, 2.75) is 58.1 Å². The number of carboxylic acids is 1. The molecule has 1 N–H and O–H groups in total. The van der Waals surface area contributed by atoms with Crippen LogP contribution in [0.2, 0.25) is 5.04 Å². The first-order valence-electron chi connectivity index (χ1n) is 16.9. The number of nitrogens with zero attached hydrogens (tertiary/aromatic N) is 2. The monoisotopic (exact) mass is 721 g/mol. The molecule has 51 heavy (non-hydrogen) atoms. The minimum absolute atomic E-state index is 0.0198. The summed E-state index contributed by atoms with van der Waals surface area (Å²) in [5.41, 5.74) is 3.71. The van der Waals surface area contributed by atoms with Crippen LogP contribution in [0, 0.1) is 17.7 Å². The topological polar surface area (TPSA) is 90.7 Å². The van der Waals surface area contributed by atoms with Crippen molar-refractivity contribution in [3.63, 3.8) is 0 Å². The number of carboxylic acid groups (broad SMARTS) is 1. The number of benzene rings is 4. The van der Waals surface area contributed by atoms with Crippen LogP contribution in [0.1, 0.15) is 58.2 Å². The molecule has 5 aromatic rings. The van der Waals surface area contributed by atoms with Gasteiger partial charge in [0.05, 0.1) is 29.1 Å². The largest absolute Gasteiger partial charge is 0.511 e. The van der Waals surface area contributed by atoms with Gasteiger partial charge in [-0.1, -0.05) is 125 Å². The van der Waals surface area contributed by atoms with E-state index in [-0.39, 0.29) is 30.9 Å². The Morgan fingerprint density at radius 1 is 0.902 bits per heavy atom. The zero-order valence-corrected chi connectivity index (χ0v) is 31.4. The third-order valence-corrected chi connectivity index (χ3v) is 14.8. The van der Waals surface area contributed by atoms with Crippen molar-refractivity contribution in [2.75, 3.05) is 12.8 Å². The average Bonchev–Trinajstić information content (AvgIpc) is 3.49. The van der Waals surface area contributed by atoms with Crippen LogP contribution in [0.15, 0.2) is 115 Å². The minimum atomic E-state index is -3.12. The first-order chi connectivity index (χ1) is 24.4. The molecule has 4 aromatic carbocycles. The summed E-state index contributed by atoms with van der Waals surface area (Å²) in [6.45, 7) is 10.2. The lowest BCUT2D eigenvalue weighted by Crippen LogP contribution is -2.68. The van der Waals surface area contributed by atoms with E-state index < -0.39 is 33.5 Å². The van der Waals surface area contributed by atoms with Crippen molar-refractivity contribution in [3.8, 4) is 28.8 Å². The molecule has 10 heteroatoms. The van der Waals surface area contributed by atoms with Gasteiger partial charge in [0.1, 0.15) is 11.9 Å². The molecule has 0 aliphatic carbocycles. The molecule has 0 spiro atoms. The Kier molecular flexibility index (Phi) is 12.2. The number of hydrogen-bond acceptors (Lipinski definition) is 5. The molecule has 0 saturated carbocycles. The number of rotatable bonds is 13. The summed E-state index contributed by atoms with van der Waals surface area (Å²) in [7, 11) is -5.47. The molecule has 0 radical (unpaired) electrons. The van der Waals surface area contributed by atoms with Crippen LogP contribution in [0.4, 0.5) is 4.39 Å². The summed E-state index contributed by atoms with van der Waals surface area (Å²) < 4.78 is 42.0. The lowest BCUT2D eigenvalue weighted by atomic mass is 10.0. The minimum Gasteiger partial charge on any atom is -0.481 e. The fourth-order valence-corrected chi connectivity index (χ4v) is 12.0. The Morgan fingerprint density at radius 3 is 1.96 bits per heavy atom. The van der Waals surface area contributed by atoms with Gasteiger partial charge in [-0.05, 0) is 62.3 Å². The fraction of sp³-hybridized carbons (Fsp3) is 0.268. The zero-order chi connectivity index (χ0) is 36.6. The molecule has 0 fully saturated rings. The highest BCUT2D eigenvalue weighted by molar-refractivity contribution is 7.39. The molecule has 1 heterocycles. The van der Waals surface area contributed by atoms with Crippen LogP contribution in [0.3, 0.4) is 0 Å². The van der Waals surface area contributed by atoms with E-state index in [4.69, 9.17) is 14.0 Å². The van der Waals surface area contributed by atoms with Crippen LogP contribution >= 0.6 is 8.03 Å². The predicted octanol–water partition coefficient (Wildman–Crippen LogP) is 8.33. The van der Waals surface area contributed by atoms with Gasteiger partial charge in [0.2, 0.25) is 6.16 Å². The molecule has 2 atom stereocenters. The highest BCUT2D eigenvalue weighted by atomic mass is 31.1. The number of aromatic nitrogens is 2. The van der Waals surface area contributed by atoms with Crippen LogP contribution < -0.4 is 10.4 Å². The Bertz CT molecular complexity index is 1960. The summed E-state index contributed by atoms with van der Waals surface area (Å²) >= 11 is 0. The molecule has 1 aromatic heterocycles. The second-order valence-electron chi connectivity index (χ2n) is 13.6. The first-order valence-corrected chi connectivity index (χ1v) is 20.2. The molecule has 2 unspecified atom stereocenters. The molecule has 0 aliphatic rings. The molecule has 0 saturated heterocycles. The average molecular weight is 722 g/mol. The number of para-hydroxylation sites is 1. The van der Waals surface area contributed by atoms with Crippen molar-refractivity contribution in [2.24, 2.45) is 0 Å². The van der Waals surface area contributed by atoms with Gasteiger partial charge in [0.15, 0.2) is 6.61 Å². The van der Waals surface area contributed by atoms with Gasteiger partial charge in [-0.2, -0.15) is 5.10 Å². The van der Waals surface area contributed by atoms with Crippen LogP contribution in [-0.4, -0.2) is 48.0 Å². The molecule has 7 nitrogen and oxygen atoms in total. The molecular weight excluding hydrogens is 679 g/mol. The van der Waals surface area contributed by atoms with E-state index in [0.29, 0.717) is 11.3 Å². The van der Waals surface area contributed by atoms with E-state index in [0.717, 1.165) is 27.3 Å². The van der Waals surface area contributed by atoms with E-state index >= 15 is 0 Å². The van der Waals surface area contributed by atoms with E-state index in [2.05, 4.69) is 32.6 Å². The molecule has 5 rings (SSSR count). The zero-order valence-electron chi connectivity index (χ0n) is 29.5. The Balaban J connectivity index is 1.43. The van der Waals surface area contributed by atoms with Gasteiger partial charge in [-0.25, -0.2) is 9.07 Å². The highest BCUT2D eigenvalue weighted by Crippen LogP contribution is 2.39. The first kappa shape index (κ1) is 37.5. The highest BCUT2D eigenvalue weighted by Gasteiger charge is 2.52. The summed E-state index contributed by atoms with van der Waals surface area (Å²) in [6, 6.07) is 35.7. The SMILES string of the molecule is CC(C)c1nn(-c2ccccc2)c(-c2ccc(F)cc2)c1C#CCO[P+](=O)CC(CC(=O)O)O[Si](c1ccccc1)(c1ccccc1)C(C)(C)C. The van der Waals surface area contributed by atoms with E-state index in [1.165, 1.54) is 12.1 Å². The quantitative estimate of drug-likeness (QED) is 0.0747. The number of aliphatic carboxylic acids is 1. The predicted molar refractivity (Wildman–Crippen MR) is 203 cm³/mol. The van der Waals surface area contributed by atoms with Gasteiger partial charge in [-0.3, -0.25) is 4.79 Å². The lowest BCUT2D eigenvalue weighted by molar-refractivity contribution is -0.138. The van der Waals surface area contributed by atoms with Gasteiger partial charge in [0, 0.05) is 5.56 Å². The van der Waals surface area contributed by atoms with E-state index in [9.17, 15) is 18.9 Å². The fourth-order valence-electron chi connectivity index (χ4n) is 6.32. The maximum atomic E-state index is 13.9. The number of hydrogen-bond donors (Lipinski definition) is 1. The summed E-state index contributed by atoms with van der Waals surface area (Å²) in [5.74, 6) is 4.85. The summed E-state index contributed by atoms with van der Waals surface area (Å²) in [5, 5.41) is 16.4. The third kappa shape index (κ3) is 8.78. The Morgan fingerprint density at radius 2 is 1.45 bits per heavy atom. The molecule has 0 bridgehead atoms. The lowest BCUT2D eigenvalue weighted by Gasteiger charge is -2.44. The third-order valence-electron chi connectivity index (χ3n) is 8.59. The van der Waals surface area contributed by atoms with Gasteiger partial charge >= 0.3 is 14.0 Å². The van der Waals surface area contributed by atoms with E-state index in [1.807, 2.05) is 110 Å². The van der Waals surface area contributed by atoms with Crippen molar-refractivity contribution >= 4 is 32.7 Å². The number of halogens is 1. The summed E-state index contributed by atoms with van der Waals surface area (Å²) in [4.78, 5) is 12.1. The van der Waals surface area contributed by atoms with Crippen molar-refractivity contribution in [1.29, 1.82) is 0 Å². The second kappa shape index (κ2) is 16.5. The number of carbonyl (C=O) groups is 1. The molecule has 0 aliphatic heterocycles. The van der Waals surface area contributed by atoms with Gasteiger partial charge < -0.3 is 9.53 Å². The Labute approximate surface area is 301 Å². The van der Waals surface area contributed by atoms with Crippen molar-refractivity contribution in [3.05, 3.63) is 132 Å². The molecular formula is C41H43FN2O5PSi+.